The lowest BCUT2D eigenvalue weighted by molar-refractivity contribution is -0.136. The molecule has 126 valence electrons. The average molecular weight is 322 g/mol. The van der Waals surface area contributed by atoms with Crippen LogP contribution in [0.3, 0.4) is 0 Å². The fraction of sp³-hybridized carbons (Fsp3) is 0.381. The predicted octanol–water partition coefficient (Wildman–Crippen LogP) is 4.13. The van der Waals surface area contributed by atoms with Crippen LogP contribution in [0.25, 0.3) is 0 Å². The van der Waals surface area contributed by atoms with Gasteiger partial charge in [0.05, 0.1) is 6.04 Å². The third-order valence-electron chi connectivity index (χ3n) is 5.12. The lowest BCUT2D eigenvalue weighted by Gasteiger charge is -2.39. The van der Waals surface area contributed by atoms with Gasteiger partial charge in [0.1, 0.15) is 0 Å². The third-order valence-corrected chi connectivity index (χ3v) is 5.12. The molecule has 2 aromatic carbocycles. The van der Waals surface area contributed by atoms with Gasteiger partial charge in [-0.2, -0.15) is 0 Å². The van der Waals surface area contributed by atoms with Gasteiger partial charge in [-0.15, -0.1) is 0 Å². The Morgan fingerprint density at radius 1 is 1.21 bits per heavy atom. The van der Waals surface area contributed by atoms with E-state index in [1.165, 1.54) is 16.7 Å². The van der Waals surface area contributed by atoms with Crippen LogP contribution in [0, 0.1) is 0 Å². The first-order valence-electron chi connectivity index (χ1n) is 8.83. The van der Waals surface area contributed by atoms with Gasteiger partial charge < -0.3 is 10.6 Å². The molecule has 0 fully saturated rings. The van der Waals surface area contributed by atoms with E-state index in [2.05, 4.69) is 36.1 Å². The van der Waals surface area contributed by atoms with Crippen LogP contribution < -0.4 is 5.73 Å². The minimum absolute atomic E-state index is 0.0963. The maximum atomic E-state index is 12.7. The number of nitrogens with two attached hydrogens (primary N) is 1. The predicted molar refractivity (Wildman–Crippen MR) is 98.7 cm³/mol. The smallest absolute Gasteiger partial charge is 0.223 e. The van der Waals surface area contributed by atoms with E-state index in [4.69, 9.17) is 5.73 Å². The fourth-order valence-corrected chi connectivity index (χ4v) is 3.80. The van der Waals surface area contributed by atoms with Gasteiger partial charge in [0.25, 0.3) is 0 Å². The second-order valence-electron chi connectivity index (χ2n) is 6.67. The number of hydrogen-bond acceptors (Lipinski definition) is 2. The van der Waals surface area contributed by atoms with Crippen molar-refractivity contribution in [2.24, 2.45) is 0 Å². The minimum atomic E-state index is 0.0963. The highest BCUT2D eigenvalue weighted by atomic mass is 16.2. The molecule has 0 aliphatic heterocycles. The lowest BCUT2D eigenvalue weighted by Crippen LogP contribution is -2.44. The molecule has 1 aliphatic rings. The molecular formula is C21H26N2O. The van der Waals surface area contributed by atoms with E-state index in [1.807, 2.05) is 31.2 Å². The molecule has 2 unspecified atom stereocenters. The van der Waals surface area contributed by atoms with E-state index in [0.717, 1.165) is 24.9 Å². The van der Waals surface area contributed by atoms with Crippen molar-refractivity contribution in [1.29, 1.82) is 0 Å². The number of amides is 1. The molecule has 0 saturated carbocycles. The first kappa shape index (κ1) is 16.6. The molecule has 0 radical (unpaired) electrons. The summed E-state index contributed by atoms with van der Waals surface area (Å²) in [5.74, 6) is 0.232. The average Bonchev–Trinajstić information content (AvgIpc) is 2.62. The Labute approximate surface area is 144 Å². The highest BCUT2D eigenvalue weighted by Gasteiger charge is 2.31. The molecule has 3 heteroatoms. The second-order valence-corrected chi connectivity index (χ2v) is 6.67. The topological polar surface area (TPSA) is 46.3 Å². The zero-order valence-electron chi connectivity index (χ0n) is 14.5. The van der Waals surface area contributed by atoms with Crippen molar-refractivity contribution in [2.75, 3.05) is 5.73 Å². The maximum Gasteiger partial charge on any atom is 0.223 e. The number of nitrogen functional groups attached to an aromatic ring is 1. The van der Waals surface area contributed by atoms with Crippen molar-refractivity contribution < 1.29 is 4.79 Å². The number of rotatable bonds is 4. The van der Waals surface area contributed by atoms with Crippen LogP contribution >= 0.6 is 0 Å². The summed E-state index contributed by atoms with van der Waals surface area (Å²) in [4.78, 5) is 14.8. The van der Waals surface area contributed by atoms with Gasteiger partial charge in [0, 0.05) is 18.2 Å². The molecule has 2 atom stereocenters. The van der Waals surface area contributed by atoms with Gasteiger partial charge in [0.2, 0.25) is 5.91 Å². The van der Waals surface area contributed by atoms with Crippen LogP contribution in [0.2, 0.25) is 0 Å². The van der Waals surface area contributed by atoms with Crippen molar-refractivity contribution in [3.8, 4) is 0 Å². The second kappa shape index (κ2) is 7.08. The van der Waals surface area contributed by atoms with Crippen LogP contribution in [0.4, 0.5) is 5.69 Å². The highest BCUT2D eigenvalue weighted by Crippen LogP contribution is 2.31. The Kier molecular flexibility index (Phi) is 4.89. The van der Waals surface area contributed by atoms with Crippen LogP contribution in [0.5, 0.6) is 0 Å². The van der Waals surface area contributed by atoms with Gasteiger partial charge in [-0.3, -0.25) is 4.79 Å². The van der Waals surface area contributed by atoms with E-state index in [0.29, 0.717) is 6.42 Å². The zero-order valence-corrected chi connectivity index (χ0v) is 14.5. The van der Waals surface area contributed by atoms with E-state index in [1.54, 1.807) is 0 Å². The number of nitrogens with zero attached hydrogens (tertiary/aromatic N) is 1. The van der Waals surface area contributed by atoms with Crippen LogP contribution in [0.1, 0.15) is 49.4 Å². The van der Waals surface area contributed by atoms with Crippen LogP contribution in [-0.4, -0.2) is 16.8 Å². The number of fused-ring (bicyclic) bond motifs is 1. The van der Waals surface area contributed by atoms with Crippen LogP contribution in [0.15, 0.2) is 48.5 Å². The Bertz CT molecular complexity index is 711. The Hall–Kier alpha value is -2.29. The summed E-state index contributed by atoms with van der Waals surface area (Å²) >= 11 is 0. The summed E-state index contributed by atoms with van der Waals surface area (Å²) in [5.41, 5.74) is 10.6. The SMILES string of the molecule is CCC(=O)N(C1CCc2cc(N)ccc2C1)C(C)c1ccccc1. The molecule has 0 spiro atoms. The maximum absolute atomic E-state index is 12.7. The van der Waals surface area contributed by atoms with Gasteiger partial charge >= 0.3 is 0 Å². The molecule has 0 heterocycles. The minimum Gasteiger partial charge on any atom is -0.399 e. The highest BCUT2D eigenvalue weighted by molar-refractivity contribution is 5.77. The normalized spacial score (nSPS) is 17.8. The molecule has 24 heavy (non-hydrogen) atoms. The molecule has 0 aromatic heterocycles. The lowest BCUT2D eigenvalue weighted by atomic mass is 9.86. The third kappa shape index (κ3) is 3.30. The van der Waals surface area contributed by atoms with E-state index >= 15 is 0 Å². The first-order chi connectivity index (χ1) is 11.6. The summed E-state index contributed by atoms with van der Waals surface area (Å²) in [6.07, 6.45) is 3.44. The van der Waals surface area contributed by atoms with Crippen molar-refractivity contribution in [2.45, 2.75) is 51.6 Å². The number of hydrogen-bond donors (Lipinski definition) is 1. The number of anilines is 1. The summed E-state index contributed by atoms with van der Waals surface area (Å²) in [6, 6.07) is 16.8. The molecule has 2 N–H and O–H groups in total. The fourth-order valence-electron chi connectivity index (χ4n) is 3.80. The van der Waals surface area contributed by atoms with Crippen molar-refractivity contribution in [1.82, 2.24) is 4.90 Å². The van der Waals surface area contributed by atoms with Crippen molar-refractivity contribution >= 4 is 11.6 Å². The number of carbonyl (C=O) groups is 1. The molecule has 2 aromatic rings. The number of carbonyl (C=O) groups excluding carboxylic acids is 1. The molecule has 3 rings (SSSR count). The summed E-state index contributed by atoms with van der Waals surface area (Å²) < 4.78 is 0. The molecule has 0 bridgehead atoms. The Morgan fingerprint density at radius 2 is 1.96 bits per heavy atom. The molecule has 3 nitrogen and oxygen atoms in total. The quantitative estimate of drug-likeness (QED) is 0.861. The van der Waals surface area contributed by atoms with E-state index in [9.17, 15) is 4.79 Å². The van der Waals surface area contributed by atoms with Crippen molar-refractivity contribution in [3.05, 3.63) is 65.2 Å². The van der Waals surface area contributed by atoms with Gasteiger partial charge in [-0.05, 0) is 55.0 Å². The van der Waals surface area contributed by atoms with Gasteiger partial charge in [0.15, 0.2) is 0 Å². The summed E-state index contributed by atoms with van der Waals surface area (Å²) in [6.45, 7) is 4.09. The standard InChI is InChI=1S/C21H26N2O/c1-3-21(24)23(15(2)16-7-5-4-6-8-16)20-12-10-17-13-19(22)11-9-18(17)14-20/h4-9,11,13,15,20H,3,10,12,14,22H2,1-2H3. The Balaban J connectivity index is 1.87. The van der Waals surface area contributed by atoms with Gasteiger partial charge in [-0.1, -0.05) is 43.3 Å². The van der Waals surface area contributed by atoms with E-state index < -0.39 is 0 Å². The molecule has 1 amide bonds. The Morgan fingerprint density at radius 3 is 2.67 bits per heavy atom. The summed E-state index contributed by atoms with van der Waals surface area (Å²) in [5, 5.41) is 0. The number of aryl methyl sites for hydroxylation is 1. The molecule has 1 aliphatic carbocycles. The largest absolute Gasteiger partial charge is 0.399 e. The summed E-state index contributed by atoms with van der Waals surface area (Å²) in [7, 11) is 0. The van der Waals surface area contributed by atoms with Crippen molar-refractivity contribution in [3.63, 3.8) is 0 Å². The number of benzene rings is 2. The molecular weight excluding hydrogens is 296 g/mol. The van der Waals surface area contributed by atoms with Gasteiger partial charge in [-0.25, -0.2) is 0 Å². The monoisotopic (exact) mass is 322 g/mol. The zero-order chi connectivity index (χ0) is 17.1. The van der Waals surface area contributed by atoms with E-state index in [-0.39, 0.29) is 18.0 Å². The molecule has 0 saturated heterocycles. The first-order valence-corrected chi connectivity index (χ1v) is 8.83. The van der Waals surface area contributed by atoms with Crippen LogP contribution in [-0.2, 0) is 17.6 Å².